The molecule has 0 aromatic heterocycles. The van der Waals surface area contributed by atoms with Crippen molar-refractivity contribution in [3.8, 4) is 5.75 Å². The second-order valence-electron chi connectivity index (χ2n) is 7.17. The van der Waals surface area contributed by atoms with E-state index in [0.29, 0.717) is 25.2 Å². The zero-order chi connectivity index (χ0) is 19.7. The van der Waals surface area contributed by atoms with E-state index in [-0.39, 0.29) is 35.7 Å². The summed E-state index contributed by atoms with van der Waals surface area (Å²) in [4.78, 5) is 28.2. The molecule has 0 bridgehead atoms. The van der Waals surface area contributed by atoms with Gasteiger partial charge in [-0.15, -0.1) is 0 Å². The topological polar surface area (TPSA) is 70.1 Å². The van der Waals surface area contributed by atoms with Gasteiger partial charge in [-0.05, 0) is 48.7 Å². The van der Waals surface area contributed by atoms with E-state index in [1.807, 2.05) is 0 Å². The Morgan fingerprint density at radius 1 is 1.18 bits per heavy atom. The summed E-state index contributed by atoms with van der Waals surface area (Å²) < 4.78 is 18.4. The summed E-state index contributed by atoms with van der Waals surface area (Å²) in [5.74, 6) is -0.413. The largest absolute Gasteiger partial charge is 0.508 e. The minimum absolute atomic E-state index is 0.0408. The number of carbonyl (C=O) groups is 2. The van der Waals surface area contributed by atoms with Crippen molar-refractivity contribution in [1.82, 2.24) is 9.80 Å². The number of ether oxygens (including phenoxy) is 1. The van der Waals surface area contributed by atoms with Crippen LogP contribution in [0.3, 0.4) is 0 Å². The van der Waals surface area contributed by atoms with Crippen molar-refractivity contribution in [3.63, 3.8) is 0 Å². The van der Waals surface area contributed by atoms with Crippen molar-refractivity contribution >= 4 is 12.0 Å². The number of nitrogens with zero attached hydrogens (tertiary/aromatic N) is 2. The molecular weight excluding hydrogens is 363 g/mol. The first-order valence-corrected chi connectivity index (χ1v) is 9.31. The molecule has 2 saturated heterocycles. The highest BCUT2D eigenvalue weighted by Crippen LogP contribution is 2.28. The highest BCUT2D eigenvalue weighted by Gasteiger charge is 2.48. The van der Waals surface area contributed by atoms with E-state index in [9.17, 15) is 19.1 Å². The van der Waals surface area contributed by atoms with Crippen LogP contribution in [-0.4, -0.2) is 58.7 Å². The number of phenols is 1. The zero-order valence-electron chi connectivity index (χ0n) is 15.3. The SMILES string of the molecule is O=C(c1cccc(O)c1)N1CC2OC(=O)N(CCCc3ccc(F)cc3)C2C1. The molecule has 2 atom stereocenters. The number of rotatable bonds is 5. The fourth-order valence-electron chi connectivity index (χ4n) is 3.85. The van der Waals surface area contributed by atoms with Crippen LogP contribution in [-0.2, 0) is 11.2 Å². The van der Waals surface area contributed by atoms with Gasteiger partial charge in [0.05, 0.1) is 12.6 Å². The smallest absolute Gasteiger partial charge is 0.410 e. The summed E-state index contributed by atoms with van der Waals surface area (Å²) in [6, 6.07) is 12.4. The lowest BCUT2D eigenvalue weighted by Gasteiger charge is -2.22. The summed E-state index contributed by atoms with van der Waals surface area (Å²) >= 11 is 0. The first-order chi connectivity index (χ1) is 13.5. The summed E-state index contributed by atoms with van der Waals surface area (Å²) in [6.07, 6.45) is 0.774. The van der Waals surface area contributed by atoms with Crippen LogP contribution in [0.25, 0.3) is 0 Å². The van der Waals surface area contributed by atoms with E-state index >= 15 is 0 Å². The van der Waals surface area contributed by atoms with Crippen molar-refractivity contribution in [3.05, 3.63) is 65.5 Å². The molecule has 7 heteroatoms. The standard InChI is InChI=1S/C21H21FN2O4/c22-16-8-6-14(7-9-16)3-2-10-24-18-12-23(13-19(18)28-21(24)27)20(26)15-4-1-5-17(25)11-15/h1,4-9,11,18-19,25H,2-3,10,12-13H2. The van der Waals surface area contributed by atoms with Gasteiger partial charge in [0.25, 0.3) is 5.91 Å². The third-order valence-corrected chi connectivity index (χ3v) is 5.28. The Morgan fingerprint density at radius 2 is 1.96 bits per heavy atom. The fraction of sp³-hybridized carbons (Fsp3) is 0.333. The van der Waals surface area contributed by atoms with Gasteiger partial charge in [0, 0.05) is 18.7 Å². The highest BCUT2D eigenvalue weighted by atomic mass is 19.1. The van der Waals surface area contributed by atoms with Gasteiger partial charge in [-0.1, -0.05) is 18.2 Å². The Labute approximate surface area is 162 Å². The van der Waals surface area contributed by atoms with E-state index in [4.69, 9.17) is 4.74 Å². The first kappa shape index (κ1) is 18.3. The van der Waals surface area contributed by atoms with Gasteiger partial charge in [-0.2, -0.15) is 0 Å². The molecular formula is C21H21FN2O4. The molecule has 6 nitrogen and oxygen atoms in total. The molecule has 28 heavy (non-hydrogen) atoms. The zero-order valence-corrected chi connectivity index (χ0v) is 15.3. The number of amides is 2. The number of carbonyl (C=O) groups excluding carboxylic acids is 2. The van der Waals surface area contributed by atoms with Crippen molar-refractivity contribution in [2.24, 2.45) is 0 Å². The monoisotopic (exact) mass is 384 g/mol. The molecule has 4 rings (SSSR count). The number of fused-ring (bicyclic) bond motifs is 1. The highest BCUT2D eigenvalue weighted by molar-refractivity contribution is 5.95. The van der Waals surface area contributed by atoms with Crippen LogP contribution < -0.4 is 0 Å². The van der Waals surface area contributed by atoms with Crippen molar-refractivity contribution < 1.29 is 23.8 Å². The van der Waals surface area contributed by atoms with Crippen LogP contribution in [0, 0.1) is 5.82 Å². The van der Waals surface area contributed by atoms with E-state index in [1.54, 1.807) is 34.1 Å². The molecule has 2 aromatic rings. The number of likely N-dealkylation sites (tertiary alicyclic amines) is 1. The molecule has 0 aliphatic carbocycles. The lowest BCUT2D eigenvalue weighted by Crippen LogP contribution is -2.39. The second-order valence-corrected chi connectivity index (χ2v) is 7.17. The van der Waals surface area contributed by atoms with Gasteiger partial charge in [0.1, 0.15) is 17.7 Å². The van der Waals surface area contributed by atoms with Crippen LogP contribution in [0.15, 0.2) is 48.5 Å². The number of phenolic OH excluding ortho intramolecular Hbond substituents is 1. The van der Waals surface area contributed by atoms with E-state index in [1.165, 1.54) is 24.3 Å². The summed E-state index contributed by atoms with van der Waals surface area (Å²) in [5.41, 5.74) is 1.42. The molecule has 0 saturated carbocycles. The van der Waals surface area contributed by atoms with Crippen molar-refractivity contribution in [2.75, 3.05) is 19.6 Å². The first-order valence-electron chi connectivity index (χ1n) is 9.31. The Hall–Kier alpha value is -3.09. The van der Waals surface area contributed by atoms with E-state index < -0.39 is 0 Å². The lowest BCUT2D eigenvalue weighted by atomic mass is 10.1. The maximum absolute atomic E-state index is 13.0. The maximum atomic E-state index is 13.0. The van der Waals surface area contributed by atoms with Gasteiger partial charge in [0.2, 0.25) is 0 Å². The normalized spacial score (nSPS) is 21.0. The Bertz CT molecular complexity index is 886. The number of hydrogen-bond donors (Lipinski definition) is 1. The second kappa shape index (κ2) is 7.50. The number of hydrogen-bond acceptors (Lipinski definition) is 4. The molecule has 0 radical (unpaired) electrons. The Balaban J connectivity index is 1.36. The molecule has 2 fully saturated rings. The Morgan fingerprint density at radius 3 is 2.71 bits per heavy atom. The van der Waals surface area contributed by atoms with Gasteiger partial charge in [0.15, 0.2) is 0 Å². The van der Waals surface area contributed by atoms with Gasteiger partial charge in [-0.25, -0.2) is 9.18 Å². The quantitative estimate of drug-likeness (QED) is 0.861. The summed E-state index contributed by atoms with van der Waals surface area (Å²) in [7, 11) is 0. The number of aryl methyl sites for hydroxylation is 1. The maximum Gasteiger partial charge on any atom is 0.410 e. The third kappa shape index (κ3) is 3.65. The molecule has 2 heterocycles. The van der Waals surface area contributed by atoms with Crippen molar-refractivity contribution in [2.45, 2.75) is 25.0 Å². The summed E-state index contributed by atoms with van der Waals surface area (Å²) in [5, 5.41) is 9.58. The van der Waals surface area contributed by atoms with Crippen LogP contribution >= 0.6 is 0 Å². The molecule has 2 aliphatic rings. The van der Waals surface area contributed by atoms with Gasteiger partial charge < -0.3 is 14.7 Å². The van der Waals surface area contributed by atoms with Gasteiger partial charge >= 0.3 is 6.09 Å². The predicted octanol–water partition coefficient (Wildman–Crippen LogP) is 2.81. The number of benzene rings is 2. The van der Waals surface area contributed by atoms with Crippen LogP contribution in [0.2, 0.25) is 0 Å². The van der Waals surface area contributed by atoms with Crippen LogP contribution in [0.5, 0.6) is 5.75 Å². The van der Waals surface area contributed by atoms with Gasteiger partial charge in [-0.3, -0.25) is 9.69 Å². The minimum Gasteiger partial charge on any atom is -0.508 e. The number of aromatic hydroxyl groups is 1. The molecule has 1 N–H and O–H groups in total. The summed E-state index contributed by atoms with van der Waals surface area (Å²) in [6.45, 7) is 1.27. The third-order valence-electron chi connectivity index (χ3n) is 5.28. The molecule has 2 amide bonds. The fourth-order valence-corrected chi connectivity index (χ4v) is 3.85. The Kier molecular flexibility index (Phi) is 4.90. The minimum atomic E-state index is -0.349. The average molecular weight is 384 g/mol. The molecule has 2 aliphatic heterocycles. The van der Waals surface area contributed by atoms with Crippen molar-refractivity contribution in [1.29, 1.82) is 0 Å². The van der Waals surface area contributed by atoms with Crippen LogP contribution in [0.1, 0.15) is 22.3 Å². The molecule has 2 unspecified atom stereocenters. The molecule has 0 spiro atoms. The molecule has 2 aromatic carbocycles. The van der Waals surface area contributed by atoms with E-state index in [0.717, 1.165) is 18.4 Å². The molecule has 146 valence electrons. The van der Waals surface area contributed by atoms with E-state index in [2.05, 4.69) is 0 Å². The average Bonchev–Trinajstić information content (AvgIpc) is 3.21. The lowest BCUT2D eigenvalue weighted by molar-refractivity contribution is 0.0727. The number of halogens is 1. The van der Waals surface area contributed by atoms with Crippen LogP contribution in [0.4, 0.5) is 9.18 Å². The predicted molar refractivity (Wildman–Crippen MR) is 99.5 cm³/mol.